The number of carbonyl (C=O) groups excluding carboxylic acids is 1. The van der Waals surface area contributed by atoms with Gasteiger partial charge in [-0.1, -0.05) is 12.8 Å². The lowest BCUT2D eigenvalue weighted by molar-refractivity contribution is -0.395. The van der Waals surface area contributed by atoms with E-state index in [0.29, 0.717) is 0 Å². The lowest BCUT2D eigenvalue weighted by Crippen LogP contribution is -2.14. The number of nitro groups is 2. The standard InChI is InChI=1S/C14H14N2O6/c17-14(12-8-4-1-2-5-9(8)12)22-13-10(15(18)19)6-3-7-11(13)16(20)21/h3,6-9,12H,1-2,4-5H2/t8-,9-/m1/s1. The fraction of sp³-hybridized carbons (Fsp3) is 0.500. The first-order chi connectivity index (χ1) is 10.5. The molecule has 8 nitrogen and oxygen atoms in total. The molecule has 0 unspecified atom stereocenters. The van der Waals surface area contributed by atoms with Crippen LogP contribution in [0.5, 0.6) is 5.75 Å². The number of fused-ring (bicyclic) bond motifs is 1. The molecule has 116 valence electrons. The first-order valence-electron chi connectivity index (χ1n) is 7.14. The Kier molecular flexibility index (Phi) is 3.51. The van der Waals surface area contributed by atoms with Gasteiger partial charge < -0.3 is 4.74 Å². The van der Waals surface area contributed by atoms with Gasteiger partial charge in [-0.15, -0.1) is 0 Å². The van der Waals surface area contributed by atoms with E-state index >= 15 is 0 Å². The lowest BCUT2D eigenvalue weighted by Gasteiger charge is -2.05. The summed E-state index contributed by atoms with van der Waals surface area (Å²) in [6.07, 6.45) is 4.03. The van der Waals surface area contributed by atoms with Crippen LogP contribution in [0.2, 0.25) is 0 Å². The van der Waals surface area contributed by atoms with Gasteiger partial charge in [0, 0.05) is 12.1 Å². The van der Waals surface area contributed by atoms with Crippen LogP contribution in [0.25, 0.3) is 0 Å². The molecule has 0 aromatic heterocycles. The van der Waals surface area contributed by atoms with E-state index in [4.69, 9.17) is 4.74 Å². The van der Waals surface area contributed by atoms with E-state index in [0.717, 1.165) is 37.8 Å². The molecule has 0 radical (unpaired) electrons. The average Bonchev–Trinajstić information content (AvgIpc) is 3.21. The molecule has 2 atom stereocenters. The summed E-state index contributed by atoms with van der Waals surface area (Å²) in [5.74, 6) is -0.895. The van der Waals surface area contributed by atoms with Crippen LogP contribution in [0.15, 0.2) is 18.2 Å². The predicted molar refractivity (Wildman–Crippen MR) is 74.3 cm³/mol. The number of nitrogens with zero attached hydrogens (tertiary/aromatic N) is 2. The summed E-state index contributed by atoms with van der Waals surface area (Å²) >= 11 is 0. The molecule has 1 aromatic carbocycles. The Balaban J connectivity index is 1.86. The number of hydrogen-bond donors (Lipinski definition) is 0. The topological polar surface area (TPSA) is 113 Å². The molecule has 3 rings (SSSR count). The van der Waals surface area contributed by atoms with Crippen LogP contribution in [0.4, 0.5) is 11.4 Å². The first kappa shape index (κ1) is 14.4. The summed E-state index contributed by atoms with van der Waals surface area (Å²) in [5.41, 5.74) is -1.13. The summed E-state index contributed by atoms with van der Waals surface area (Å²) in [6, 6.07) is 3.38. The minimum Gasteiger partial charge on any atom is -0.412 e. The monoisotopic (exact) mass is 306 g/mol. The molecule has 2 saturated carbocycles. The van der Waals surface area contributed by atoms with E-state index in [1.165, 1.54) is 6.07 Å². The highest BCUT2D eigenvalue weighted by Crippen LogP contribution is 2.56. The van der Waals surface area contributed by atoms with E-state index < -0.39 is 32.9 Å². The van der Waals surface area contributed by atoms with Crippen molar-refractivity contribution in [3.63, 3.8) is 0 Å². The third kappa shape index (κ3) is 2.40. The van der Waals surface area contributed by atoms with Crippen molar-refractivity contribution in [2.24, 2.45) is 17.8 Å². The van der Waals surface area contributed by atoms with Crippen molar-refractivity contribution in [3.8, 4) is 5.75 Å². The first-order valence-corrected chi connectivity index (χ1v) is 7.14. The van der Waals surface area contributed by atoms with Gasteiger partial charge in [0.2, 0.25) is 0 Å². The fourth-order valence-electron chi connectivity index (χ4n) is 3.42. The number of esters is 1. The normalized spacial score (nSPS) is 25.9. The maximum Gasteiger partial charge on any atom is 0.318 e. The summed E-state index contributed by atoms with van der Waals surface area (Å²) in [5, 5.41) is 22.0. The molecule has 0 spiro atoms. The van der Waals surface area contributed by atoms with Crippen molar-refractivity contribution in [1.82, 2.24) is 0 Å². The molecule has 0 heterocycles. The molecule has 0 N–H and O–H groups in total. The maximum absolute atomic E-state index is 12.2. The largest absolute Gasteiger partial charge is 0.412 e. The molecule has 2 aliphatic rings. The zero-order valence-corrected chi connectivity index (χ0v) is 11.6. The summed E-state index contributed by atoms with van der Waals surface area (Å²) in [4.78, 5) is 32.7. The highest BCUT2D eigenvalue weighted by molar-refractivity contribution is 5.81. The van der Waals surface area contributed by atoms with Crippen molar-refractivity contribution in [3.05, 3.63) is 38.4 Å². The van der Waals surface area contributed by atoms with Gasteiger partial charge >= 0.3 is 17.3 Å². The van der Waals surface area contributed by atoms with E-state index in [1.54, 1.807) is 0 Å². The van der Waals surface area contributed by atoms with Crippen molar-refractivity contribution >= 4 is 17.3 Å². The number of ether oxygens (including phenoxy) is 1. The Labute approximate surface area is 125 Å². The molecule has 2 fully saturated rings. The average molecular weight is 306 g/mol. The van der Waals surface area contributed by atoms with Crippen LogP contribution in [-0.4, -0.2) is 15.8 Å². The van der Waals surface area contributed by atoms with Crippen LogP contribution in [0, 0.1) is 38.0 Å². The quantitative estimate of drug-likeness (QED) is 0.366. The molecular weight excluding hydrogens is 292 g/mol. The van der Waals surface area contributed by atoms with Crippen molar-refractivity contribution in [2.75, 3.05) is 0 Å². The Morgan fingerprint density at radius 3 is 2.00 bits per heavy atom. The van der Waals surface area contributed by atoms with Gasteiger partial charge in [0.15, 0.2) is 0 Å². The molecular formula is C14H14N2O6. The number of nitro benzene ring substituents is 2. The van der Waals surface area contributed by atoms with Gasteiger partial charge in [-0.2, -0.15) is 0 Å². The predicted octanol–water partition coefficient (Wildman–Crippen LogP) is 2.84. The number of rotatable bonds is 4. The van der Waals surface area contributed by atoms with Crippen LogP contribution in [0.1, 0.15) is 25.7 Å². The molecule has 8 heteroatoms. The van der Waals surface area contributed by atoms with Gasteiger partial charge in [0.25, 0.3) is 5.75 Å². The van der Waals surface area contributed by atoms with E-state index in [9.17, 15) is 25.0 Å². The summed E-state index contributed by atoms with van der Waals surface area (Å²) in [6.45, 7) is 0. The molecule has 1 aromatic rings. The van der Waals surface area contributed by atoms with Crippen LogP contribution < -0.4 is 4.74 Å². The van der Waals surface area contributed by atoms with Crippen molar-refractivity contribution < 1.29 is 19.4 Å². The second-order valence-electron chi connectivity index (χ2n) is 5.70. The van der Waals surface area contributed by atoms with Crippen LogP contribution >= 0.6 is 0 Å². The minimum absolute atomic E-state index is 0.267. The Morgan fingerprint density at radius 2 is 1.55 bits per heavy atom. The zero-order chi connectivity index (χ0) is 15.9. The second kappa shape index (κ2) is 5.36. The summed E-state index contributed by atoms with van der Waals surface area (Å²) in [7, 11) is 0. The summed E-state index contributed by atoms with van der Waals surface area (Å²) < 4.78 is 5.09. The van der Waals surface area contributed by atoms with E-state index in [2.05, 4.69) is 0 Å². The fourth-order valence-corrected chi connectivity index (χ4v) is 3.42. The number of hydrogen-bond acceptors (Lipinski definition) is 6. The van der Waals surface area contributed by atoms with Crippen molar-refractivity contribution in [2.45, 2.75) is 25.7 Å². The van der Waals surface area contributed by atoms with Gasteiger partial charge in [0.05, 0.1) is 15.8 Å². The highest BCUT2D eigenvalue weighted by atomic mass is 16.6. The third-order valence-electron chi connectivity index (χ3n) is 4.50. The van der Waals surface area contributed by atoms with Gasteiger partial charge in [0.1, 0.15) is 0 Å². The zero-order valence-electron chi connectivity index (χ0n) is 11.6. The minimum atomic E-state index is -0.782. The number of benzene rings is 1. The van der Waals surface area contributed by atoms with Gasteiger partial charge in [-0.3, -0.25) is 25.0 Å². The molecule has 0 aliphatic heterocycles. The lowest BCUT2D eigenvalue weighted by atomic mass is 10.0. The molecule has 2 aliphatic carbocycles. The van der Waals surface area contributed by atoms with E-state index in [-0.39, 0.29) is 17.8 Å². The number of carbonyl (C=O) groups is 1. The van der Waals surface area contributed by atoms with Gasteiger partial charge in [-0.25, -0.2) is 0 Å². The Morgan fingerprint density at radius 1 is 1.05 bits per heavy atom. The molecule has 0 saturated heterocycles. The molecule has 0 bridgehead atoms. The second-order valence-corrected chi connectivity index (χ2v) is 5.70. The SMILES string of the molecule is O=C(Oc1c([N+](=O)[O-])cccc1[N+](=O)[O-])C1[C@@H]2CCCC[C@@H]12. The molecule has 22 heavy (non-hydrogen) atoms. The van der Waals surface area contributed by atoms with Crippen molar-refractivity contribution in [1.29, 1.82) is 0 Å². The third-order valence-corrected chi connectivity index (χ3v) is 4.50. The maximum atomic E-state index is 12.2. The smallest absolute Gasteiger partial charge is 0.318 e. The number of para-hydroxylation sites is 1. The highest BCUT2D eigenvalue weighted by Gasteiger charge is 2.56. The Bertz CT molecular complexity index is 614. The van der Waals surface area contributed by atoms with Gasteiger partial charge in [-0.05, 0) is 30.7 Å². The Hall–Kier alpha value is -2.51. The van der Waals surface area contributed by atoms with E-state index in [1.807, 2.05) is 0 Å². The van der Waals surface area contributed by atoms with Crippen LogP contribution in [-0.2, 0) is 4.79 Å². The van der Waals surface area contributed by atoms with Crippen LogP contribution in [0.3, 0.4) is 0 Å². The molecule has 0 amide bonds.